The fourth-order valence-corrected chi connectivity index (χ4v) is 3.45. The zero-order chi connectivity index (χ0) is 18.6. The van der Waals surface area contributed by atoms with Crippen molar-refractivity contribution in [2.45, 2.75) is 18.9 Å². The van der Waals surface area contributed by atoms with Gasteiger partial charge in [0.2, 0.25) is 0 Å². The summed E-state index contributed by atoms with van der Waals surface area (Å²) >= 11 is 0. The van der Waals surface area contributed by atoms with E-state index < -0.39 is 0 Å². The number of piperidine rings is 1. The van der Waals surface area contributed by atoms with Crippen molar-refractivity contribution in [2.75, 3.05) is 18.8 Å². The molecule has 4 rings (SSSR count). The molecule has 0 spiro atoms. The molecule has 0 saturated carbocycles. The van der Waals surface area contributed by atoms with Crippen molar-refractivity contribution in [1.29, 1.82) is 5.26 Å². The van der Waals surface area contributed by atoms with E-state index in [-0.39, 0.29) is 11.9 Å². The number of nitrogens with one attached hydrogen (secondary N) is 1. The van der Waals surface area contributed by atoms with E-state index in [0.717, 1.165) is 48.7 Å². The van der Waals surface area contributed by atoms with Gasteiger partial charge in [0.05, 0.1) is 11.7 Å². The summed E-state index contributed by atoms with van der Waals surface area (Å²) in [6.07, 6.45) is 2.09. The highest BCUT2D eigenvalue weighted by Crippen LogP contribution is 2.33. The average Bonchev–Trinajstić information content (AvgIpc) is 3.06. The van der Waals surface area contributed by atoms with Gasteiger partial charge < -0.3 is 15.8 Å². The number of nitrogens with zero attached hydrogens (tertiary/aromatic N) is 3. The lowest BCUT2D eigenvalue weighted by Gasteiger charge is -2.25. The number of aromatic nitrogens is 2. The zero-order valence-corrected chi connectivity index (χ0v) is 14.9. The van der Waals surface area contributed by atoms with Crippen LogP contribution in [0.15, 0.2) is 54.6 Å². The Balaban J connectivity index is 1.67. The standard InChI is InChI=1S/C21H21N5O/c22-13-19-20(26(25-21(19)23)16-5-4-12-24-14-16)15-8-10-18(11-9-15)27-17-6-2-1-3-7-17/h1-3,6-11,16,24H,4-5,12,14H2,(H2,23,25). The number of hydrogen-bond acceptors (Lipinski definition) is 5. The number of hydrogen-bond donors (Lipinski definition) is 2. The molecule has 3 N–H and O–H groups in total. The Bertz CT molecular complexity index is 951. The van der Waals surface area contributed by atoms with Crippen LogP contribution in [0.5, 0.6) is 11.5 Å². The monoisotopic (exact) mass is 359 g/mol. The van der Waals surface area contributed by atoms with Gasteiger partial charge in [0.25, 0.3) is 0 Å². The van der Waals surface area contributed by atoms with Crippen LogP contribution >= 0.6 is 0 Å². The molecule has 136 valence electrons. The Morgan fingerprint density at radius 2 is 1.85 bits per heavy atom. The molecule has 1 atom stereocenters. The Morgan fingerprint density at radius 3 is 2.52 bits per heavy atom. The number of benzene rings is 2. The van der Waals surface area contributed by atoms with Crippen LogP contribution in [0.3, 0.4) is 0 Å². The maximum Gasteiger partial charge on any atom is 0.164 e. The molecule has 1 saturated heterocycles. The van der Waals surface area contributed by atoms with E-state index in [0.29, 0.717) is 5.56 Å². The van der Waals surface area contributed by atoms with Gasteiger partial charge in [-0.3, -0.25) is 4.68 Å². The molecule has 2 heterocycles. The first-order valence-corrected chi connectivity index (χ1v) is 9.08. The fourth-order valence-electron chi connectivity index (χ4n) is 3.45. The molecule has 2 aromatic carbocycles. The number of nitriles is 1. The number of para-hydroxylation sites is 1. The number of anilines is 1. The van der Waals surface area contributed by atoms with E-state index in [9.17, 15) is 5.26 Å². The minimum Gasteiger partial charge on any atom is -0.457 e. The normalized spacial score (nSPS) is 16.6. The van der Waals surface area contributed by atoms with Gasteiger partial charge in [-0.1, -0.05) is 18.2 Å². The van der Waals surface area contributed by atoms with E-state index in [2.05, 4.69) is 16.5 Å². The minimum atomic E-state index is 0.193. The number of nitrogens with two attached hydrogens (primary N) is 1. The maximum absolute atomic E-state index is 9.60. The second kappa shape index (κ2) is 7.52. The first-order valence-electron chi connectivity index (χ1n) is 9.08. The topological polar surface area (TPSA) is 88.9 Å². The summed E-state index contributed by atoms with van der Waals surface area (Å²) in [5.74, 6) is 1.80. The summed E-state index contributed by atoms with van der Waals surface area (Å²) in [4.78, 5) is 0. The summed E-state index contributed by atoms with van der Waals surface area (Å²) in [6, 6.07) is 19.7. The molecule has 1 aliphatic rings. The van der Waals surface area contributed by atoms with Gasteiger partial charge in [-0.15, -0.1) is 0 Å². The second-order valence-electron chi connectivity index (χ2n) is 6.60. The van der Waals surface area contributed by atoms with Gasteiger partial charge in [-0.25, -0.2) is 0 Å². The van der Waals surface area contributed by atoms with Crippen LogP contribution in [0.25, 0.3) is 11.3 Å². The predicted octanol–water partition coefficient (Wildman–Crippen LogP) is 3.72. The van der Waals surface area contributed by atoms with Gasteiger partial charge in [-0.05, 0) is 55.8 Å². The van der Waals surface area contributed by atoms with Gasteiger partial charge in [0.1, 0.15) is 23.1 Å². The van der Waals surface area contributed by atoms with Crippen molar-refractivity contribution in [3.05, 3.63) is 60.2 Å². The molecule has 3 aromatic rings. The predicted molar refractivity (Wildman–Crippen MR) is 104 cm³/mol. The third kappa shape index (κ3) is 3.50. The lowest BCUT2D eigenvalue weighted by atomic mass is 10.0. The zero-order valence-electron chi connectivity index (χ0n) is 14.9. The van der Waals surface area contributed by atoms with Crippen LogP contribution < -0.4 is 15.8 Å². The highest BCUT2D eigenvalue weighted by molar-refractivity contribution is 5.73. The second-order valence-corrected chi connectivity index (χ2v) is 6.60. The van der Waals surface area contributed by atoms with Gasteiger partial charge in [0, 0.05) is 12.1 Å². The van der Waals surface area contributed by atoms with Crippen LogP contribution in [0.4, 0.5) is 5.82 Å². The molecule has 1 unspecified atom stereocenters. The molecule has 0 aliphatic carbocycles. The first-order chi connectivity index (χ1) is 13.3. The largest absolute Gasteiger partial charge is 0.457 e. The Hall–Kier alpha value is -3.30. The first kappa shape index (κ1) is 17.1. The summed E-state index contributed by atoms with van der Waals surface area (Å²) in [5, 5.41) is 17.5. The number of nitrogen functional groups attached to an aromatic ring is 1. The Morgan fingerprint density at radius 1 is 1.11 bits per heavy atom. The molecule has 6 nitrogen and oxygen atoms in total. The van der Waals surface area contributed by atoms with Crippen LogP contribution in [-0.4, -0.2) is 22.9 Å². The highest BCUT2D eigenvalue weighted by atomic mass is 16.5. The number of ether oxygens (including phenoxy) is 1. The van der Waals surface area contributed by atoms with Gasteiger partial charge in [0.15, 0.2) is 5.82 Å². The van der Waals surface area contributed by atoms with E-state index in [4.69, 9.17) is 10.5 Å². The molecule has 0 amide bonds. The third-order valence-corrected chi connectivity index (χ3v) is 4.77. The van der Waals surface area contributed by atoms with Crippen LogP contribution in [0.2, 0.25) is 0 Å². The SMILES string of the molecule is N#Cc1c(N)nn(C2CCCNC2)c1-c1ccc(Oc2ccccc2)cc1. The molecule has 1 aromatic heterocycles. The molecule has 27 heavy (non-hydrogen) atoms. The van der Waals surface area contributed by atoms with Crippen LogP contribution in [-0.2, 0) is 0 Å². The lowest BCUT2D eigenvalue weighted by Crippen LogP contribution is -2.32. The highest BCUT2D eigenvalue weighted by Gasteiger charge is 2.24. The molecular formula is C21H21N5O. The van der Waals surface area contributed by atoms with Crippen molar-refractivity contribution >= 4 is 5.82 Å². The molecule has 1 aliphatic heterocycles. The molecule has 0 radical (unpaired) electrons. The molecular weight excluding hydrogens is 338 g/mol. The van der Waals surface area contributed by atoms with Crippen molar-refractivity contribution in [3.63, 3.8) is 0 Å². The summed E-state index contributed by atoms with van der Waals surface area (Å²) < 4.78 is 7.77. The molecule has 6 heteroatoms. The molecule has 0 bridgehead atoms. The Labute approximate surface area is 158 Å². The summed E-state index contributed by atoms with van der Waals surface area (Å²) in [6.45, 7) is 1.84. The average molecular weight is 359 g/mol. The fraction of sp³-hybridized carbons (Fsp3) is 0.238. The third-order valence-electron chi connectivity index (χ3n) is 4.77. The van der Waals surface area contributed by atoms with Gasteiger partial charge >= 0.3 is 0 Å². The minimum absolute atomic E-state index is 0.193. The maximum atomic E-state index is 9.60. The van der Waals surface area contributed by atoms with E-state index in [1.165, 1.54) is 0 Å². The van der Waals surface area contributed by atoms with Crippen LogP contribution in [0.1, 0.15) is 24.4 Å². The number of rotatable bonds is 4. The van der Waals surface area contributed by atoms with Crippen LogP contribution in [0, 0.1) is 11.3 Å². The van der Waals surface area contributed by atoms with E-state index in [1.807, 2.05) is 59.3 Å². The lowest BCUT2D eigenvalue weighted by molar-refractivity contribution is 0.350. The van der Waals surface area contributed by atoms with E-state index in [1.54, 1.807) is 0 Å². The smallest absolute Gasteiger partial charge is 0.164 e. The van der Waals surface area contributed by atoms with Gasteiger partial charge in [-0.2, -0.15) is 10.4 Å². The Kier molecular flexibility index (Phi) is 4.77. The van der Waals surface area contributed by atoms with E-state index >= 15 is 0 Å². The quantitative estimate of drug-likeness (QED) is 0.741. The van der Waals surface area contributed by atoms with Crippen molar-refractivity contribution in [2.24, 2.45) is 0 Å². The summed E-state index contributed by atoms with van der Waals surface area (Å²) in [5.41, 5.74) is 8.13. The van der Waals surface area contributed by atoms with Crippen molar-refractivity contribution in [1.82, 2.24) is 15.1 Å². The summed E-state index contributed by atoms with van der Waals surface area (Å²) in [7, 11) is 0. The molecule has 1 fully saturated rings. The van der Waals surface area contributed by atoms with Crippen molar-refractivity contribution < 1.29 is 4.74 Å². The van der Waals surface area contributed by atoms with Crippen molar-refractivity contribution in [3.8, 4) is 28.8 Å².